The third-order valence-electron chi connectivity index (χ3n) is 3.43. The quantitative estimate of drug-likeness (QED) is 0.523. The molecule has 2 rings (SSSR count). The number of ketones is 1. The predicted octanol–water partition coefficient (Wildman–Crippen LogP) is 4.17. The number of Topliss-reactive ketones (excluding diaryl/α,β-unsaturated/α-hetero) is 1. The number of unbranched alkanes of at least 4 members (excludes halogenated alkanes) is 2. The SMILES string of the molecule is CC(=O)CCCCCS(=O)(=O)OC1CCCC1.c1ccsc1. The lowest BCUT2D eigenvalue weighted by molar-refractivity contribution is -0.117. The Bertz CT molecular complexity index is 471. The van der Waals surface area contributed by atoms with Gasteiger partial charge in [0.05, 0.1) is 11.9 Å². The first-order valence-corrected chi connectivity index (χ1v) is 10.4. The summed E-state index contributed by atoms with van der Waals surface area (Å²) in [7, 11) is -3.35. The van der Waals surface area contributed by atoms with Crippen LogP contribution in [0.15, 0.2) is 22.9 Å². The predicted molar refractivity (Wildman–Crippen MR) is 90.6 cm³/mol. The Morgan fingerprint density at radius 3 is 2.27 bits per heavy atom. The molecule has 0 N–H and O–H groups in total. The van der Waals surface area contributed by atoms with Crippen LogP contribution in [0, 0.1) is 0 Å². The van der Waals surface area contributed by atoms with E-state index in [2.05, 4.69) is 0 Å². The van der Waals surface area contributed by atoms with Crippen molar-refractivity contribution in [3.8, 4) is 0 Å². The Hall–Kier alpha value is -0.720. The summed E-state index contributed by atoms with van der Waals surface area (Å²) in [5.41, 5.74) is 0. The Balaban J connectivity index is 0.000000406. The van der Waals surface area contributed by atoms with E-state index in [1.165, 1.54) is 0 Å². The van der Waals surface area contributed by atoms with Gasteiger partial charge in [-0.25, -0.2) is 0 Å². The molecule has 0 aromatic carbocycles. The van der Waals surface area contributed by atoms with E-state index >= 15 is 0 Å². The van der Waals surface area contributed by atoms with Crippen molar-refractivity contribution < 1.29 is 17.4 Å². The van der Waals surface area contributed by atoms with Gasteiger partial charge in [-0.3, -0.25) is 4.18 Å². The van der Waals surface area contributed by atoms with E-state index in [0.29, 0.717) is 12.8 Å². The second-order valence-corrected chi connectivity index (χ2v) is 8.10. The molecule has 0 saturated heterocycles. The molecular weight excluding hydrogens is 320 g/mol. The van der Waals surface area contributed by atoms with Gasteiger partial charge in [-0.1, -0.05) is 31.4 Å². The van der Waals surface area contributed by atoms with E-state index in [0.717, 1.165) is 38.5 Å². The van der Waals surface area contributed by atoms with Crippen molar-refractivity contribution in [2.75, 3.05) is 5.75 Å². The molecule has 1 fully saturated rings. The fourth-order valence-electron chi connectivity index (χ4n) is 2.30. The molecule has 1 heterocycles. The lowest BCUT2D eigenvalue weighted by Crippen LogP contribution is -2.18. The third-order valence-corrected chi connectivity index (χ3v) is 5.42. The maximum atomic E-state index is 11.6. The van der Waals surface area contributed by atoms with Gasteiger partial charge in [0, 0.05) is 6.42 Å². The highest BCUT2D eigenvalue weighted by Crippen LogP contribution is 2.23. The summed E-state index contributed by atoms with van der Waals surface area (Å²) >= 11 is 1.71. The third kappa shape index (κ3) is 10.1. The van der Waals surface area contributed by atoms with Crippen LogP contribution in [0.1, 0.15) is 58.3 Å². The first kappa shape index (κ1) is 19.3. The van der Waals surface area contributed by atoms with Gasteiger partial charge < -0.3 is 4.79 Å². The van der Waals surface area contributed by atoms with E-state index in [-0.39, 0.29) is 17.6 Å². The maximum absolute atomic E-state index is 11.6. The zero-order valence-electron chi connectivity index (χ0n) is 13.2. The normalized spacial score (nSPS) is 15.3. The van der Waals surface area contributed by atoms with Crippen LogP contribution in [0.25, 0.3) is 0 Å². The summed E-state index contributed by atoms with van der Waals surface area (Å²) in [5.74, 6) is 0.247. The molecule has 0 radical (unpaired) electrons. The second kappa shape index (κ2) is 10.9. The van der Waals surface area contributed by atoms with Gasteiger partial charge in [-0.05, 0) is 43.4 Å². The first-order valence-electron chi connectivity index (χ1n) is 7.87. The molecule has 0 amide bonds. The summed E-state index contributed by atoms with van der Waals surface area (Å²) in [6.45, 7) is 1.56. The molecule has 6 heteroatoms. The number of hydrogen-bond acceptors (Lipinski definition) is 5. The van der Waals surface area contributed by atoms with Crippen molar-refractivity contribution in [3.63, 3.8) is 0 Å². The van der Waals surface area contributed by atoms with Crippen LogP contribution in [0.2, 0.25) is 0 Å². The summed E-state index contributed by atoms with van der Waals surface area (Å²) in [6, 6.07) is 4.04. The Labute approximate surface area is 138 Å². The number of carbonyl (C=O) groups excluding carboxylic acids is 1. The van der Waals surface area contributed by atoms with Crippen LogP contribution < -0.4 is 0 Å². The van der Waals surface area contributed by atoms with Crippen LogP contribution in [-0.4, -0.2) is 26.1 Å². The molecule has 1 aliphatic rings. The maximum Gasteiger partial charge on any atom is 0.267 e. The van der Waals surface area contributed by atoms with Gasteiger partial charge in [0.2, 0.25) is 0 Å². The van der Waals surface area contributed by atoms with Gasteiger partial charge >= 0.3 is 0 Å². The molecule has 0 unspecified atom stereocenters. The van der Waals surface area contributed by atoms with Gasteiger partial charge in [-0.2, -0.15) is 19.8 Å². The summed E-state index contributed by atoms with van der Waals surface area (Å²) in [5, 5.41) is 4.08. The van der Waals surface area contributed by atoms with Crippen molar-refractivity contribution in [2.24, 2.45) is 0 Å². The van der Waals surface area contributed by atoms with Crippen LogP contribution in [-0.2, 0) is 19.1 Å². The van der Waals surface area contributed by atoms with Crippen LogP contribution in [0.4, 0.5) is 0 Å². The molecule has 22 heavy (non-hydrogen) atoms. The van der Waals surface area contributed by atoms with Crippen molar-refractivity contribution >= 4 is 27.2 Å². The minimum Gasteiger partial charge on any atom is -0.300 e. The van der Waals surface area contributed by atoms with Gasteiger partial charge in [0.1, 0.15) is 5.78 Å². The van der Waals surface area contributed by atoms with E-state index in [4.69, 9.17) is 4.18 Å². The van der Waals surface area contributed by atoms with Crippen molar-refractivity contribution in [1.29, 1.82) is 0 Å². The van der Waals surface area contributed by atoms with Crippen LogP contribution in [0.3, 0.4) is 0 Å². The molecule has 1 aromatic rings. The van der Waals surface area contributed by atoms with Gasteiger partial charge in [-0.15, -0.1) is 0 Å². The average Bonchev–Trinajstić information content (AvgIpc) is 3.12. The minimum absolute atomic E-state index is 0.0847. The summed E-state index contributed by atoms with van der Waals surface area (Å²) in [4.78, 5) is 10.7. The van der Waals surface area contributed by atoms with Gasteiger partial charge in [0.25, 0.3) is 10.1 Å². The van der Waals surface area contributed by atoms with Crippen LogP contribution in [0.5, 0.6) is 0 Å². The molecule has 1 aliphatic carbocycles. The molecule has 0 atom stereocenters. The fourth-order valence-corrected chi connectivity index (χ4v) is 4.01. The zero-order valence-corrected chi connectivity index (χ0v) is 14.8. The lowest BCUT2D eigenvalue weighted by Gasteiger charge is -2.10. The number of thiophene rings is 1. The topological polar surface area (TPSA) is 60.4 Å². The van der Waals surface area contributed by atoms with E-state index < -0.39 is 10.1 Å². The number of rotatable bonds is 8. The zero-order chi connectivity index (χ0) is 16.3. The Morgan fingerprint density at radius 2 is 1.77 bits per heavy atom. The molecular formula is C16H26O4S2. The first-order chi connectivity index (χ1) is 10.5. The second-order valence-electron chi connectivity index (χ2n) is 5.57. The van der Waals surface area contributed by atoms with Crippen molar-refractivity contribution in [2.45, 2.75) is 64.4 Å². The summed E-state index contributed by atoms with van der Waals surface area (Å²) in [6.07, 6.45) is 6.45. The highest BCUT2D eigenvalue weighted by molar-refractivity contribution is 7.86. The largest absolute Gasteiger partial charge is 0.300 e. The lowest BCUT2D eigenvalue weighted by atomic mass is 10.2. The molecule has 1 saturated carbocycles. The van der Waals surface area contributed by atoms with E-state index in [1.807, 2.05) is 22.9 Å². The molecule has 126 valence electrons. The molecule has 4 nitrogen and oxygen atoms in total. The molecule has 0 aliphatic heterocycles. The number of carbonyl (C=O) groups is 1. The monoisotopic (exact) mass is 346 g/mol. The average molecular weight is 347 g/mol. The molecule has 1 aromatic heterocycles. The Kier molecular flexibility index (Phi) is 9.59. The number of hydrogen-bond donors (Lipinski definition) is 0. The van der Waals surface area contributed by atoms with Crippen molar-refractivity contribution in [1.82, 2.24) is 0 Å². The van der Waals surface area contributed by atoms with E-state index in [9.17, 15) is 13.2 Å². The van der Waals surface area contributed by atoms with Crippen LogP contribution >= 0.6 is 11.3 Å². The standard InChI is InChI=1S/C12H22O4S.C4H4S/c1-11(13)7-3-2-6-10-17(14,15)16-12-8-4-5-9-12;1-2-4-5-3-1/h12H,2-10H2,1H3;1-4H. The fraction of sp³-hybridized carbons (Fsp3) is 0.688. The van der Waals surface area contributed by atoms with Gasteiger partial charge in [0.15, 0.2) is 0 Å². The highest BCUT2D eigenvalue weighted by atomic mass is 32.2. The molecule has 0 bridgehead atoms. The smallest absolute Gasteiger partial charge is 0.267 e. The minimum atomic E-state index is -3.35. The Morgan fingerprint density at radius 1 is 1.14 bits per heavy atom. The summed E-state index contributed by atoms with van der Waals surface area (Å²) < 4.78 is 28.3. The van der Waals surface area contributed by atoms with E-state index in [1.54, 1.807) is 18.3 Å². The van der Waals surface area contributed by atoms with Crippen molar-refractivity contribution in [3.05, 3.63) is 22.9 Å². The highest BCUT2D eigenvalue weighted by Gasteiger charge is 2.22. The molecule has 0 spiro atoms.